The van der Waals surface area contributed by atoms with Crippen LogP contribution in [0.1, 0.15) is 34.7 Å². The van der Waals surface area contributed by atoms with E-state index in [-0.39, 0.29) is 11.9 Å². The average Bonchev–Trinajstić information content (AvgIpc) is 3.21. The quantitative estimate of drug-likeness (QED) is 0.443. The van der Waals surface area contributed by atoms with Crippen molar-refractivity contribution in [3.05, 3.63) is 89.7 Å². The molecular formula is C26H27N3O3. The third-order valence-electron chi connectivity index (χ3n) is 5.62. The lowest BCUT2D eigenvalue weighted by molar-refractivity contribution is 0.0953. The van der Waals surface area contributed by atoms with Crippen LogP contribution in [0.15, 0.2) is 72.8 Å². The molecular weight excluding hydrogens is 402 g/mol. The van der Waals surface area contributed by atoms with E-state index in [0.29, 0.717) is 30.0 Å². The highest BCUT2D eigenvalue weighted by atomic mass is 16.5. The summed E-state index contributed by atoms with van der Waals surface area (Å²) in [6.07, 6.45) is 0.616. The highest BCUT2D eigenvalue weighted by Gasteiger charge is 2.17. The highest BCUT2D eigenvalue weighted by molar-refractivity contribution is 5.94. The Labute approximate surface area is 187 Å². The molecule has 0 aliphatic heterocycles. The summed E-state index contributed by atoms with van der Waals surface area (Å²) in [6, 6.07) is 23.8. The van der Waals surface area contributed by atoms with Crippen molar-refractivity contribution in [1.82, 2.24) is 14.9 Å². The van der Waals surface area contributed by atoms with Crippen molar-refractivity contribution < 1.29 is 14.3 Å². The minimum Gasteiger partial charge on any atom is -0.493 e. The van der Waals surface area contributed by atoms with Gasteiger partial charge in [-0.25, -0.2) is 4.98 Å². The molecule has 0 fully saturated rings. The second kappa shape index (κ2) is 9.56. The minimum atomic E-state index is -0.162. The Morgan fingerprint density at radius 1 is 0.969 bits per heavy atom. The van der Waals surface area contributed by atoms with E-state index in [1.807, 2.05) is 36.4 Å². The summed E-state index contributed by atoms with van der Waals surface area (Å²) in [5.74, 6) is 1.89. The largest absolute Gasteiger partial charge is 0.493 e. The van der Waals surface area contributed by atoms with Gasteiger partial charge in [0.2, 0.25) is 0 Å². The second-order valence-electron chi connectivity index (χ2n) is 7.55. The van der Waals surface area contributed by atoms with Gasteiger partial charge in [-0.1, -0.05) is 42.5 Å². The van der Waals surface area contributed by atoms with Crippen molar-refractivity contribution in [2.45, 2.75) is 19.4 Å². The van der Waals surface area contributed by atoms with Crippen LogP contribution >= 0.6 is 0 Å². The van der Waals surface area contributed by atoms with Crippen molar-refractivity contribution in [3.8, 4) is 11.5 Å². The normalized spacial score (nSPS) is 11.8. The SMILES string of the molecule is COc1ccc(C(=O)NCCc2nc3ccccc3n2C(C)c2ccccc2)cc1OC. The molecule has 4 rings (SSSR count). The summed E-state index contributed by atoms with van der Waals surface area (Å²) in [5.41, 5.74) is 3.78. The number of fused-ring (bicyclic) bond motifs is 1. The number of carbonyl (C=O) groups excluding carboxylic acids is 1. The molecule has 0 aliphatic rings. The van der Waals surface area contributed by atoms with E-state index in [9.17, 15) is 4.79 Å². The maximum absolute atomic E-state index is 12.7. The van der Waals surface area contributed by atoms with Gasteiger partial charge in [0.1, 0.15) is 5.82 Å². The molecule has 0 spiro atoms. The third-order valence-corrected chi connectivity index (χ3v) is 5.62. The topological polar surface area (TPSA) is 65.4 Å². The molecule has 0 saturated heterocycles. The third kappa shape index (κ3) is 4.30. The monoisotopic (exact) mass is 429 g/mol. The van der Waals surface area contributed by atoms with Gasteiger partial charge < -0.3 is 19.4 Å². The summed E-state index contributed by atoms with van der Waals surface area (Å²) in [4.78, 5) is 17.5. The highest BCUT2D eigenvalue weighted by Crippen LogP contribution is 2.28. The first-order chi connectivity index (χ1) is 15.6. The van der Waals surface area contributed by atoms with Crippen molar-refractivity contribution >= 4 is 16.9 Å². The van der Waals surface area contributed by atoms with Crippen molar-refractivity contribution in [1.29, 1.82) is 0 Å². The van der Waals surface area contributed by atoms with Crippen LogP contribution in [0.5, 0.6) is 11.5 Å². The Hall–Kier alpha value is -3.80. The predicted octanol–water partition coefficient (Wildman–Crippen LogP) is 4.64. The summed E-state index contributed by atoms with van der Waals surface area (Å²) in [5, 5.41) is 3.00. The number of nitrogens with one attached hydrogen (secondary N) is 1. The molecule has 4 aromatic rings. The fourth-order valence-electron chi connectivity index (χ4n) is 3.95. The van der Waals surface area contributed by atoms with Crippen molar-refractivity contribution in [2.24, 2.45) is 0 Å². The lowest BCUT2D eigenvalue weighted by Gasteiger charge is -2.18. The van der Waals surface area contributed by atoms with Crippen LogP contribution in [-0.2, 0) is 6.42 Å². The summed E-state index contributed by atoms with van der Waals surface area (Å²) in [6.45, 7) is 2.65. The summed E-state index contributed by atoms with van der Waals surface area (Å²) >= 11 is 0. The Kier molecular flexibility index (Phi) is 6.40. The first-order valence-electron chi connectivity index (χ1n) is 10.6. The van der Waals surface area contributed by atoms with Crippen LogP contribution in [-0.4, -0.2) is 36.2 Å². The minimum absolute atomic E-state index is 0.125. The van der Waals surface area contributed by atoms with E-state index < -0.39 is 0 Å². The summed E-state index contributed by atoms with van der Waals surface area (Å²) < 4.78 is 12.8. The van der Waals surface area contributed by atoms with Crippen LogP contribution < -0.4 is 14.8 Å². The Morgan fingerprint density at radius 3 is 2.44 bits per heavy atom. The maximum Gasteiger partial charge on any atom is 0.251 e. The van der Waals surface area contributed by atoms with Crippen molar-refractivity contribution in [3.63, 3.8) is 0 Å². The number of amides is 1. The van der Waals surface area contributed by atoms with Crippen LogP contribution in [0.2, 0.25) is 0 Å². The lowest BCUT2D eigenvalue weighted by atomic mass is 10.1. The van der Waals surface area contributed by atoms with Gasteiger partial charge in [-0.3, -0.25) is 4.79 Å². The van der Waals surface area contributed by atoms with Gasteiger partial charge in [-0.2, -0.15) is 0 Å². The smallest absolute Gasteiger partial charge is 0.251 e. The fourth-order valence-corrected chi connectivity index (χ4v) is 3.95. The number of nitrogens with zero attached hydrogens (tertiary/aromatic N) is 2. The van der Waals surface area contributed by atoms with Gasteiger partial charge >= 0.3 is 0 Å². The Balaban J connectivity index is 1.53. The number of methoxy groups -OCH3 is 2. The number of hydrogen-bond donors (Lipinski definition) is 1. The Morgan fingerprint density at radius 2 is 1.69 bits per heavy atom. The number of rotatable bonds is 8. The number of carbonyl (C=O) groups is 1. The van der Waals surface area contributed by atoms with E-state index in [2.05, 4.69) is 35.0 Å². The number of aromatic nitrogens is 2. The second-order valence-corrected chi connectivity index (χ2v) is 7.55. The van der Waals surface area contributed by atoms with Crippen molar-refractivity contribution in [2.75, 3.05) is 20.8 Å². The van der Waals surface area contributed by atoms with E-state index >= 15 is 0 Å². The predicted molar refractivity (Wildman–Crippen MR) is 126 cm³/mol. The van der Waals surface area contributed by atoms with E-state index in [4.69, 9.17) is 14.5 Å². The molecule has 164 valence electrons. The zero-order chi connectivity index (χ0) is 22.5. The number of benzene rings is 3. The molecule has 0 radical (unpaired) electrons. The Bertz CT molecular complexity index is 1220. The van der Waals surface area contributed by atoms with Gasteiger partial charge in [0.25, 0.3) is 5.91 Å². The molecule has 1 heterocycles. The van der Waals surface area contributed by atoms with Crippen LogP contribution in [0.3, 0.4) is 0 Å². The maximum atomic E-state index is 12.7. The van der Waals surface area contributed by atoms with Gasteiger partial charge in [-0.05, 0) is 42.8 Å². The molecule has 3 aromatic carbocycles. The lowest BCUT2D eigenvalue weighted by Crippen LogP contribution is -2.26. The first kappa shape index (κ1) is 21.4. The molecule has 32 heavy (non-hydrogen) atoms. The van der Waals surface area contributed by atoms with Gasteiger partial charge in [0.15, 0.2) is 11.5 Å². The standard InChI is InChI=1S/C26H27N3O3/c1-18(19-9-5-4-6-10-19)29-22-12-8-7-11-21(22)28-25(29)15-16-27-26(30)20-13-14-23(31-2)24(17-20)32-3/h4-14,17-18H,15-16H2,1-3H3,(H,27,30). The molecule has 1 unspecified atom stereocenters. The number of ether oxygens (including phenoxy) is 2. The molecule has 6 heteroatoms. The van der Waals surface area contributed by atoms with E-state index in [1.165, 1.54) is 5.56 Å². The number of imidazole rings is 1. The number of para-hydroxylation sites is 2. The molecule has 0 aliphatic carbocycles. The van der Waals surface area contributed by atoms with Gasteiger partial charge in [0, 0.05) is 18.5 Å². The van der Waals surface area contributed by atoms with Crippen LogP contribution in [0.4, 0.5) is 0 Å². The van der Waals surface area contributed by atoms with Crippen LogP contribution in [0.25, 0.3) is 11.0 Å². The molecule has 6 nitrogen and oxygen atoms in total. The molecule has 0 saturated carbocycles. The molecule has 0 bridgehead atoms. The fraction of sp³-hybridized carbons (Fsp3) is 0.231. The first-order valence-corrected chi connectivity index (χ1v) is 10.6. The number of hydrogen-bond acceptors (Lipinski definition) is 4. The zero-order valence-electron chi connectivity index (χ0n) is 18.5. The zero-order valence-corrected chi connectivity index (χ0v) is 18.5. The average molecular weight is 430 g/mol. The molecule has 1 amide bonds. The van der Waals surface area contributed by atoms with Gasteiger partial charge in [0.05, 0.1) is 31.3 Å². The molecule has 1 N–H and O–H groups in total. The van der Waals surface area contributed by atoms with E-state index in [1.54, 1.807) is 32.4 Å². The summed E-state index contributed by atoms with van der Waals surface area (Å²) in [7, 11) is 3.12. The van der Waals surface area contributed by atoms with Crippen LogP contribution in [0, 0.1) is 0 Å². The van der Waals surface area contributed by atoms with Gasteiger partial charge in [-0.15, -0.1) is 0 Å². The molecule has 1 aromatic heterocycles. The van der Waals surface area contributed by atoms with E-state index in [0.717, 1.165) is 16.9 Å². The molecule has 1 atom stereocenters.